The number of hydrogen-bond acceptors (Lipinski definition) is 3. The van der Waals surface area contributed by atoms with Crippen LogP contribution in [0.15, 0.2) is 30.3 Å². The minimum absolute atomic E-state index is 0.345. The Labute approximate surface area is 128 Å². The molecule has 2 aliphatic rings. The van der Waals surface area contributed by atoms with Crippen molar-refractivity contribution in [3.8, 4) is 0 Å². The predicted molar refractivity (Wildman–Crippen MR) is 86.1 cm³/mol. The molecule has 0 aromatic heterocycles. The summed E-state index contributed by atoms with van der Waals surface area (Å²) in [4.78, 5) is 2.57. The van der Waals surface area contributed by atoms with Crippen molar-refractivity contribution < 1.29 is 5.11 Å². The summed E-state index contributed by atoms with van der Waals surface area (Å²) in [5.74, 6) is 0.481. The average Bonchev–Trinajstić information content (AvgIpc) is 2.96. The molecule has 0 spiro atoms. The Morgan fingerprint density at radius 3 is 2.76 bits per heavy atom. The highest BCUT2D eigenvalue weighted by atomic mass is 16.3. The maximum absolute atomic E-state index is 9.46. The predicted octanol–water partition coefficient (Wildman–Crippen LogP) is 2.40. The van der Waals surface area contributed by atoms with Crippen molar-refractivity contribution in [2.24, 2.45) is 5.92 Å². The van der Waals surface area contributed by atoms with Crippen LogP contribution in [-0.4, -0.2) is 41.8 Å². The van der Waals surface area contributed by atoms with Crippen molar-refractivity contribution >= 4 is 0 Å². The summed E-state index contributed by atoms with van der Waals surface area (Å²) in [5.41, 5.74) is 1.41. The topological polar surface area (TPSA) is 35.5 Å². The normalized spacial score (nSPS) is 30.6. The van der Waals surface area contributed by atoms with E-state index in [2.05, 4.69) is 40.5 Å². The molecule has 1 saturated carbocycles. The van der Waals surface area contributed by atoms with Crippen molar-refractivity contribution in [3.63, 3.8) is 0 Å². The molecule has 1 aromatic carbocycles. The van der Waals surface area contributed by atoms with Gasteiger partial charge in [0, 0.05) is 31.8 Å². The summed E-state index contributed by atoms with van der Waals surface area (Å²) in [6.45, 7) is 3.76. The number of benzene rings is 1. The number of nitrogens with zero attached hydrogens (tertiary/aromatic N) is 1. The molecule has 2 fully saturated rings. The lowest BCUT2D eigenvalue weighted by molar-refractivity contribution is 0.154. The van der Waals surface area contributed by atoms with Crippen molar-refractivity contribution in [3.05, 3.63) is 35.9 Å². The first-order chi connectivity index (χ1) is 10.3. The molecule has 21 heavy (non-hydrogen) atoms. The van der Waals surface area contributed by atoms with Crippen molar-refractivity contribution in [2.75, 3.05) is 19.7 Å². The van der Waals surface area contributed by atoms with Crippen LogP contribution in [0.5, 0.6) is 0 Å². The van der Waals surface area contributed by atoms with E-state index in [1.165, 1.54) is 44.2 Å². The highest BCUT2D eigenvalue weighted by Crippen LogP contribution is 2.26. The maximum atomic E-state index is 9.46. The van der Waals surface area contributed by atoms with E-state index in [-0.39, 0.29) is 0 Å². The smallest absolute Gasteiger partial charge is 0.0474 e. The van der Waals surface area contributed by atoms with Gasteiger partial charge in [-0.15, -0.1) is 0 Å². The molecule has 1 saturated heterocycles. The second-order valence-electron chi connectivity index (χ2n) is 6.71. The summed E-state index contributed by atoms with van der Waals surface area (Å²) in [7, 11) is 0. The van der Waals surface area contributed by atoms with Crippen molar-refractivity contribution in [1.82, 2.24) is 10.2 Å². The third kappa shape index (κ3) is 4.06. The molecule has 1 aromatic rings. The van der Waals surface area contributed by atoms with Gasteiger partial charge >= 0.3 is 0 Å². The Balaban J connectivity index is 1.51. The molecular weight excluding hydrogens is 260 g/mol. The second-order valence-corrected chi connectivity index (χ2v) is 6.71. The van der Waals surface area contributed by atoms with Crippen LogP contribution in [0.4, 0.5) is 0 Å². The lowest BCUT2D eigenvalue weighted by Gasteiger charge is -2.35. The quantitative estimate of drug-likeness (QED) is 0.873. The van der Waals surface area contributed by atoms with Crippen LogP contribution in [0, 0.1) is 5.92 Å². The number of aliphatic hydroxyl groups excluding tert-OH is 1. The fourth-order valence-corrected chi connectivity index (χ4v) is 3.95. The van der Waals surface area contributed by atoms with Gasteiger partial charge in [-0.25, -0.2) is 0 Å². The largest absolute Gasteiger partial charge is 0.396 e. The zero-order valence-electron chi connectivity index (χ0n) is 12.9. The van der Waals surface area contributed by atoms with Crippen LogP contribution in [-0.2, 0) is 6.54 Å². The first kappa shape index (κ1) is 15.0. The lowest BCUT2D eigenvalue weighted by Crippen LogP contribution is -2.50. The van der Waals surface area contributed by atoms with Crippen LogP contribution in [0.3, 0.4) is 0 Å². The zero-order chi connectivity index (χ0) is 14.5. The second kappa shape index (κ2) is 7.39. The number of rotatable bonds is 5. The molecule has 0 bridgehead atoms. The molecule has 3 rings (SSSR count). The number of aliphatic hydroxyl groups is 1. The van der Waals surface area contributed by atoms with Crippen molar-refractivity contribution in [1.29, 1.82) is 0 Å². The first-order valence-electron chi connectivity index (χ1n) is 8.48. The van der Waals surface area contributed by atoms with E-state index in [9.17, 15) is 5.11 Å². The van der Waals surface area contributed by atoms with Crippen LogP contribution in [0.2, 0.25) is 0 Å². The molecule has 1 heterocycles. The van der Waals surface area contributed by atoms with E-state index in [0.717, 1.165) is 13.1 Å². The Kier molecular flexibility index (Phi) is 5.28. The molecule has 0 radical (unpaired) electrons. The van der Waals surface area contributed by atoms with Gasteiger partial charge in [0.25, 0.3) is 0 Å². The molecule has 3 nitrogen and oxygen atoms in total. The van der Waals surface area contributed by atoms with Gasteiger partial charge in [-0.05, 0) is 43.7 Å². The number of hydrogen-bond donors (Lipinski definition) is 2. The molecular formula is C18H28N2O. The van der Waals surface area contributed by atoms with E-state index < -0.39 is 0 Å². The van der Waals surface area contributed by atoms with E-state index in [0.29, 0.717) is 24.6 Å². The average molecular weight is 288 g/mol. The number of piperidine rings is 1. The molecule has 3 heteroatoms. The molecule has 116 valence electrons. The molecule has 0 amide bonds. The highest BCUT2D eigenvalue weighted by Gasteiger charge is 2.30. The van der Waals surface area contributed by atoms with Gasteiger partial charge in [-0.1, -0.05) is 36.8 Å². The van der Waals surface area contributed by atoms with Gasteiger partial charge in [0.05, 0.1) is 0 Å². The summed E-state index contributed by atoms with van der Waals surface area (Å²) in [5, 5.41) is 13.3. The third-order valence-electron chi connectivity index (χ3n) is 5.10. The fraction of sp³-hybridized carbons (Fsp3) is 0.667. The Hall–Kier alpha value is -0.900. The Morgan fingerprint density at radius 1 is 1.10 bits per heavy atom. The SMILES string of the molecule is OCC1CCCC1NC1CCCN(Cc2ccccc2)C1. The zero-order valence-corrected chi connectivity index (χ0v) is 12.9. The molecule has 3 unspecified atom stereocenters. The van der Waals surface area contributed by atoms with Gasteiger partial charge in [-0.3, -0.25) is 4.90 Å². The molecule has 1 aliphatic carbocycles. The highest BCUT2D eigenvalue weighted by molar-refractivity contribution is 5.14. The van der Waals surface area contributed by atoms with Crippen LogP contribution in [0.25, 0.3) is 0 Å². The Morgan fingerprint density at radius 2 is 1.95 bits per heavy atom. The summed E-state index contributed by atoms with van der Waals surface area (Å²) < 4.78 is 0. The van der Waals surface area contributed by atoms with Gasteiger partial charge in [0.1, 0.15) is 0 Å². The summed E-state index contributed by atoms with van der Waals surface area (Å²) in [6.07, 6.45) is 6.25. The van der Waals surface area contributed by atoms with Gasteiger partial charge in [-0.2, -0.15) is 0 Å². The van der Waals surface area contributed by atoms with Crippen molar-refractivity contribution in [2.45, 2.75) is 50.7 Å². The molecule has 2 N–H and O–H groups in total. The maximum Gasteiger partial charge on any atom is 0.0474 e. The van der Waals surface area contributed by atoms with Crippen LogP contribution < -0.4 is 5.32 Å². The fourth-order valence-electron chi connectivity index (χ4n) is 3.95. The minimum Gasteiger partial charge on any atom is -0.396 e. The standard InChI is InChI=1S/C18H28N2O/c21-14-16-8-4-10-18(16)19-17-9-5-11-20(13-17)12-15-6-2-1-3-7-15/h1-3,6-7,16-19,21H,4-5,8-14H2. The number of nitrogens with one attached hydrogen (secondary N) is 1. The molecule has 1 aliphatic heterocycles. The molecule has 3 atom stereocenters. The summed E-state index contributed by atoms with van der Waals surface area (Å²) >= 11 is 0. The van der Waals surface area contributed by atoms with E-state index in [1.807, 2.05) is 0 Å². The van der Waals surface area contributed by atoms with E-state index in [4.69, 9.17) is 0 Å². The monoisotopic (exact) mass is 288 g/mol. The van der Waals surface area contributed by atoms with Gasteiger partial charge < -0.3 is 10.4 Å². The number of likely N-dealkylation sites (tertiary alicyclic amines) is 1. The van der Waals surface area contributed by atoms with E-state index >= 15 is 0 Å². The Bertz CT molecular complexity index is 422. The minimum atomic E-state index is 0.345. The van der Waals surface area contributed by atoms with Crippen LogP contribution in [0.1, 0.15) is 37.7 Å². The summed E-state index contributed by atoms with van der Waals surface area (Å²) in [6, 6.07) is 11.9. The van der Waals surface area contributed by atoms with Gasteiger partial charge in [0.2, 0.25) is 0 Å². The first-order valence-corrected chi connectivity index (χ1v) is 8.48. The third-order valence-corrected chi connectivity index (χ3v) is 5.10. The lowest BCUT2D eigenvalue weighted by atomic mass is 10.00. The van der Waals surface area contributed by atoms with Gasteiger partial charge in [0.15, 0.2) is 0 Å². The van der Waals surface area contributed by atoms with E-state index in [1.54, 1.807) is 0 Å². The van der Waals surface area contributed by atoms with Crippen LogP contribution >= 0.6 is 0 Å².